The molecule has 3 rings (SSSR count). The molecule has 1 fully saturated rings. The van der Waals surface area contributed by atoms with Crippen molar-refractivity contribution in [3.8, 4) is 5.75 Å². The molecule has 1 aliphatic carbocycles. The first-order chi connectivity index (χ1) is 11.1. The van der Waals surface area contributed by atoms with E-state index in [4.69, 9.17) is 22.1 Å². The minimum Gasteiger partial charge on any atom is -0.489 e. The number of benzene rings is 1. The molecule has 1 aromatic heterocycles. The summed E-state index contributed by atoms with van der Waals surface area (Å²) in [4.78, 5) is 4.13. The van der Waals surface area contributed by atoms with Gasteiger partial charge in [0, 0.05) is 29.2 Å². The highest BCUT2D eigenvalue weighted by atomic mass is 35.5. The van der Waals surface area contributed by atoms with Crippen LogP contribution in [0.4, 0.5) is 0 Å². The molecular weight excluding hydrogens is 308 g/mol. The summed E-state index contributed by atoms with van der Waals surface area (Å²) in [7, 11) is 0. The second-order valence-corrected chi connectivity index (χ2v) is 7.17. The van der Waals surface area contributed by atoms with Crippen LogP contribution in [0.3, 0.4) is 0 Å². The minimum absolute atomic E-state index is 0.227. The molecule has 23 heavy (non-hydrogen) atoms. The number of rotatable bonds is 4. The molecule has 1 saturated carbocycles. The smallest absolute Gasteiger partial charge is 0.138 e. The zero-order valence-corrected chi connectivity index (χ0v) is 14.6. The Morgan fingerprint density at radius 3 is 2.74 bits per heavy atom. The Balaban J connectivity index is 1.73. The molecule has 1 atom stereocenters. The summed E-state index contributed by atoms with van der Waals surface area (Å²) in [5.74, 6) is 0.778. The predicted octanol–water partition coefficient (Wildman–Crippen LogP) is 4.95. The van der Waals surface area contributed by atoms with Crippen LogP contribution in [0.2, 0.25) is 5.02 Å². The van der Waals surface area contributed by atoms with Crippen LogP contribution in [0.25, 0.3) is 10.8 Å². The van der Waals surface area contributed by atoms with Crippen LogP contribution in [-0.4, -0.2) is 17.1 Å². The summed E-state index contributed by atoms with van der Waals surface area (Å²) in [5.41, 5.74) is 6.51. The van der Waals surface area contributed by atoms with Gasteiger partial charge in [0.2, 0.25) is 0 Å². The number of halogens is 1. The number of ether oxygens (including phenoxy) is 1. The maximum Gasteiger partial charge on any atom is 0.138 e. The molecule has 0 saturated heterocycles. The number of fused-ring (bicyclic) bond motifs is 1. The zero-order valence-electron chi connectivity index (χ0n) is 13.9. The summed E-state index contributed by atoms with van der Waals surface area (Å²) in [6.45, 7) is 4.39. The van der Waals surface area contributed by atoms with Crippen molar-refractivity contribution in [3.63, 3.8) is 0 Å². The van der Waals surface area contributed by atoms with Crippen molar-refractivity contribution in [2.45, 2.75) is 58.1 Å². The fourth-order valence-corrected chi connectivity index (χ4v) is 4.08. The summed E-state index contributed by atoms with van der Waals surface area (Å²) >= 11 is 6.52. The first-order valence-electron chi connectivity index (χ1n) is 8.50. The Hall–Kier alpha value is -1.32. The number of nitrogens with two attached hydrogens (primary N) is 1. The maximum absolute atomic E-state index is 6.52. The third kappa shape index (κ3) is 3.17. The first-order valence-corrected chi connectivity index (χ1v) is 8.88. The monoisotopic (exact) mass is 332 g/mol. The van der Waals surface area contributed by atoms with Gasteiger partial charge in [-0.15, -0.1) is 0 Å². The molecule has 3 nitrogen and oxygen atoms in total. The van der Waals surface area contributed by atoms with E-state index in [-0.39, 0.29) is 17.6 Å². The summed E-state index contributed by atoms with van der Waals surface area (Å²) in [5, 5.41) is 2.72. The Morgan fingerprint density at radius 2 is 2.09 bits per heavy atom. The third-order valence-electron chi connectivity index (χ3n) is 5.61. The van der Waals surface area contributed by atoms with Crippen molar-refractivity contribution >= 4 is 22.4 Å². The Bertz CT molecular complexity index is 678. The van der Waals surface area contributed by atoms with Crippen LogP contribution in [0.5, 0.6) is 5.75 Å². The van der Waals surface area contributed by atoms with Crippen LogP contribution in [0, 0.1) is 5.41 Å². The van der Waals surface area contributed by atoms with Gasteiger partial charge >= 0.3 is 0 Å². The normalized spacial score (nSPS) is 26.2. The molecule has 0 spiro atoms. The molecule has 2 aromatic rings. The second kappa shape index (κ2) is 6.66. The lowest BCUT2D eigenvalue weighted by atomic mass is 9.67. The Kier molecular flexibility index (Phi) is 4.79. The molecule has 0 amide bonds. The zero-order chi connectivity index (χ0) is 16.4. The SMILES string of the molecule is CCC1([C@H](C)N)CCC(Oc2ccc3cnccc3c2Cl)CC1. The summed E-state index contributed by atoms with van der Waals surface area (Å²) < 4.78 is 6.22. The highest BCUT2D eigenvalue weighted by Gasteiger charge is 2.37. The molecule has 1 heterocycles. The molecule has 1 aliphatic rings. The van der Waals surface area contributed by atoms with Gasteiger partial charge in [-0.25, -0.2) is 0 Å². The van der Waals surface area contributed by atoms with Crippen LogP contribution >= 0.6 is 11.6 Å². The van der Waals surface area contributed by atoms with Gasteiger partial charge in [0.15, 0.2) is 0 Å². The van der Waals surface area contributed by atoms with Crippen LogP contribution in [0.1, 0.15) is 46.0 Å². The van der Waals surface area contributed by atoms with E-state index in [1.54, 1.807) is 6.20 Å². The van der Waals surface area contributed by atoms with Gasteiger partial charge in [-0.05, 0) is 62.6 Å². The number of hydrogen-bond donors (Lipinski definition) is 1. The minimum atomic E-state index is 0.227. The first kappa shape index (κ1) is 16.5. The highest BCUT2D eigenvalue weighted by molar-refractivity contribution is 6.37. The van der Waals surface area contributed by atoms with Gasteiger partial charge in [0.1, 0.15) is 5.75 Å². The molecule has 1 aromatic carbocycles. The van der Waals surface area contributed by atoms with Crippen molar-refractivity contribution in [2.24, 2.45) is 11.1 Å². The fourth-order valence-electron chi connectivity index (χ4n) is 3.80. The molecule has 4 heteroatoms. The Labute approximate surface area is 143 Å². The fraction of sp³-hybridized carbons (Fsp3) is 0.526. The van der Waals surface area contributed by atoms with E-state index in [0.29, 0.717) is 5.02 Å². The molecular formula is C19H25ClN2O. The topological polar surface area (TPSA) is 48.1 Å². The van der Waals surface area contributed by atoms with Crippen LogP contribution in [0.15, 0.2) is 30.6 Å². The van der Waals surface area contributed by atoms with Crippen molar-refractivity contribution in [1.29, 1.82) is 0 Å². The summed E-state index contributed by atoms with van der Waals surface area (Å²) in [6, 6.07) is 6.15. The van der Waals surface area contributed by atoms with Crippen LogP contribution in [-0.2, 0) is 0 Å². The molecule has 0 aliphatic heterocycles. The summed E-state index contributed by atoms with van der Waals surface area (Å²) in [6.07, 6.45) is 9.29. The standard InChI is InChI=1S/C19H25ClN2O/c1-3-19(13(2)21)9-6-15(7-10-19)23-17-5-4-14-12-22-11-8-16(14)18(17)20/h4-5,8,11-13,15H,3,6-7,9-10,21H2,1-2H3/t13-,15?,19?/m0/s1. The van der Waals surface area contributed by atoms with Gasteiger partial charge in [0.05, 0.1) is 11.1 Å². The quantitative estimate of drug-likeness (QED) is 0.861. The predicted molar refractivity (Wildman–Crippen MR) is 96.0 cm³/mol. The van der Waals surface area contributed by atoms with E-state index in [9.17, 15) is 0 Å². The van der Waals surface area contributed by atoms with Crippen molar-refractivity contribution in [3.05, 3.63) is 35.6 Å². The maximum atomic E-state index is 6.52. The van der Waals surface area contributed by atoms with E-state index >= 15 is 0 Å². The third-order valence-corrected chi connectivity index (χ3v) is 6.00. The molecule has 0 radical (unpaired) electrons. The number of aromatic nitrogens is 1. The molecule has 124 valence electrons. The molecule has 2 N–H and O–H groups in total. The van der Waals surface area contributed by atoms with E-state index in [2.05, 4.69) is 18.8 Å². The average molecular weight is 333 g/mol. The lowest BCUT2D eigenvalue weighted by molar-refractivity contribution is 0.0620. The van der Waals surface area contributed by atoms with Crippen molar-refractivity contribution < 1.29 is 4.74 Å². The van der Waals surface area contributed by atoms with Gasteiger partial charge in [-0.2, -0.15) is 0 Å². The average Bonchev–Trinajstić information content (AvgIpc) is 2.58. The number of hydrogen-bond acceptors (Lipinski definition) is 3. The van der Waals surface area contributed by atoms with Crippen molar-refractivity contribution in [2.75, 3.05) is 0 Å². The molecule has 0 bridgehead atoms. The van der Waals surface area contributed by atoms with E-state index in [1.165, 1.54) is 0 Å². The van der Waals surface area contributed by atoms with Gasteiger partial charge in [-0.1, -0.05) is 18.5 Å². The lowest BCUT2D eigenvalue weighted by Crippen LogP contribution is -2.43. The highest BCUT2D eigenvalue weighted by Crippen LogP contribution is 2.43. The Morgan fingerprint density at radius 1 is 1.35 bits per heavy atom. The van der Waals surface area contributed by atoms with E-state index in [1.807, 2.05) is 24.4 Å². The van der Waals surface area contributed by atoms with Gasteiger partial charge in [0.25, 0.3) is 0 Å². The second-order valence-electron chi connectivity index (χ2n) is 6.80. The lowest BCUT2D eigenvalue weighted by Gasteiger charge is -2.42. The largest absolute Gasteiger partial charge is 0.489 e. The number of pyridine rings is 1. The molecule has 0 unspecified atom stereocenters. The van der Waals surface area contributed by atoms with E-state index in [0.717, 1.165) is 48.6 Å². The van der Waals surface area contributed by atoms with Gasteiger partial charge in [-0.3, -0.25) is 4.98 Å². The van der Waals surface area contributed by atoms with Crippen molar-refractivity contribution in [1.82, 2.24) is 4.98 Å². The number of nitrogens with zero attached hydrogens (tertiary/aromatic N) is 1. The van der Waals surface area contributed by atoms with Crippen LogP contribution < -0.4 is 10.5 Å². The van der Waals surface area contributed by atoms with E-state index < -0.39 is 0 Å². The van der Waals surface area contributed by atoms with Gasteiger partial charge < -0.3 is 10.5 Å².